The maximum absolute atomic E-state index is 9.67. The normalized spacial score (nSPS) is 27.0. The summed E-state index contributed by atoms with van der Waals surface area (Å²) < 4.78 is 17.2. The standard InChI is InChI=1S/C28H37ClN6O3/c1-27(36-13-14-37-27)18-32-20-7-9-21(10-8-20)34-26-15-22(23(29)16-31-26)24-5-4-6-25(35-24)33-19-28(17-30)11-2-3-12-38-28/h4-6,15-16,20-21,32H,2-3,7-14,18-19H2,1H3,(H,31,34)(H,33,35). The van der Waals surface area contributed by atoms with Gasteiger partial charge < -0.3 is 30.2 Å². The van der Waals surface area contributed by atoms with Crippen LogP contribution in [0.2, 0.25) is 5.02 Å². The van der Waals surface area contributed by atoms with E-state index in [1.165, 1.54) is 0 Å². The lowest BCUT2D eigenvalue weighted by atomic mass is 9.91. The third-order valence-electron chi connectivity index (χ3n) is 7.68. The summed E-state index contributed by atoms with van der Waals surface area (Å²) in [5.41, 5.74) is 0.766. The monoisotopic (exact) mass is 540 g/mol. The number of anilines is 2. The molecule has 10 heteroatoms. The van der Waals surface area contributed by atoms with Crippen molar-refractivity contribution in [2.75, 3.05) is 43.5 Å². The number of hydrogen-bond donors (Lipinski definition) is 3. The number of nitrogens with zero attached hydrogens (tertiary/aromatic N) is 3. The Balaban J connectivity index is 1.17. The van der Waals surface area contributed by atoms with Crippen LogP contribution in [0.1, 0.15) is 51.9 Å². The molecule has 3 N–H and O–H groups in total. The minimum absolute atomic E-state index is 0.350. The van der Waals surface area contributed by atoms with Crippen LogP contribution in [0.15, 0.2) is 30.5 Å². The molecule has 0 spiro atoms. The molecule has 5 rings (SSSR count). The van der Waals surface area contributed by atoms with Gasteiger partial charge in [0, 0.05) is 37.0 Å². The molecular weight excluding hydrogens is 504 g/mol. The summed E-state index contributed by atoms with van der Waals surface area (Å²) in [6.45, 7) is 5.05. The fourth-order valence-electron chi connectivity index (χ4n) is 5.39. The van der Waals surface area contributed by atoms with Crippen LogP contribution in [0.25, 0.3) is 11.3 Å². The average molecular weight is 541 g/mol. The third kappa shape index (κ3) is 6.74. The van der Waals surface area contributed by atoms with Crippen molar-refractivity contribution in [2.24, 2.45) is 0 Å². The largest absolute Gasteiger partial charge is 0.367 e. The van der Waals surface area contributed by atoms with Crippen molar-refractivity contribution in [1.29, 1.82) is 5.26 Å². The quantitative estimate of drug-likeness (QED) is 0.414. The van der Waals surface area contributed by atoms with E-state index < -0.39 is 11.4 Å². The number of ether oxygens (including phenoxy) is 3. The maximum Gasteiger partial charge on any atom is 0.178 e. The van der Waals surface area contributed by atoms with Crippen LogP contribution in [0, 0.1) is 11.3 Å². The topological polar surface area (TPSA) is 113 Å². The summed E-state index contributed by atoms with van der Waals surface area (Å²) in [7, 11) is 0. The molecule has 38 heavy (non-hydrogen) atoms. The van der Waals surface area contributed by atoms with Crippen molar-refractivity contribution >= 4 is 23.2 Å². The zero-order valence-electron chi connectivity index (χ0n) is 22.0. The second-order valence-corrected chi connectivity index (χ2v) is 11.0. The van der Waals surface area contributed by atoms with Crippen molar-refractivity contribution in [3.63, 3.8) is 0 Å². The fraction of sp³-hybridized carbons (Fsp3) is 0.607. The van der Waals surface area contributed by atoms with Gasteiger partial charge in [0.1, 0.15) is 11.6 Å². The van der Waals surface area contributed by atoms with E-state index in [0.717, 1.165) is 62.0 Å². The van der Waals surface area contributed by atoms with Gasteiger partial charge in [-0.05, 0) is 70.1 Å². The summed E-state index contributed by atoms with van der Waals surface area (Å²) in [6, 6.07) is 10.9. The van der Waals surface area contributed by atoms with Gasteiger partial charge in [0.25, 0.3) is 0 Å². The highest BCUT2D eigenvalue weighted by Gasteiger charge is 2.34. The lowest BCUT2D eigenvalue weighted by Crippen LogP contribution is -2.45. The first kappa shape index (κ1) is 27.1. The van der Waals surface area contributed by atoms with Gasteiger partial charge in [-0.2, -0.15) is 5.26 Å². The average Bonchev–Trinajstić information content (AvgIpc) is 3.40. The number of hydrogen-bond acceptors (Lipinski definition) is 9. The van der Waals surface area contributed by atoms with E-state index >= 15 is 0 Å². The van der Waals surface area contributed by atoms with E-state index in [9.17, 15) is 5.26 Å². The lowest BCUT2D eigenvalue weighted by molar-refractivity contribution is -0.139. The van der Waals surface area contributed by atoms with Crippen molar-refractivity contribution in [3.8, 4) is 17.3 Å². The molecule has 3 aliphatic rings. The summed E-state index contributed by atoms with van der Waals surface area (Å²) in [6.07, 6.45) is 8.66. The zero-order valence-corrected chi connectivity index (χ0v) is 22.7. The van der Waals surface area contributed by atoms with Gasteiger partial charge in [0.2, 0.25) is 0 Å². The number of nitriles is 1. The molecule has 1 unspecified atom stereocenters. The van der Waals surface area contributed by atoms with E-state index in [2.05, 4.69) is 27.0 Å². The van der Waals surface area contributed by atoms with Crippen molar-refractivity contribution in [1.82, 2.24) is 15.3 Å². The van der Waals surface area contributed by atoms with Crippen LogP contribution < -0.4 is 16.0 Å². The van der Waals surface area contributed by atoms with Crippen LogP contribution in [0.4, 0.5) is 11.6 Å². The summed E-state index contributed by atoms with van der Waals surface area (Å²) in [5.74, 6) is 0.974. The Hall–Kier alpha value is -2.48. The molecule has 2 aliphatic heterocycles. The predicted octanol–water partition coefficient (Wildman–Crippen LogP) is 4.75. The van der Waals surface area contributed by atoms with E-state index in [1.807, 2.05) is 31.2 Å². The Morgan fingerprint density at radius 1 is 1.03 bits per heavy atom. The second kappa shape index (κ2) is 12.1. The SMILES string of the molecule is CC1(CNC2CCC(Nc3cc(-c4cccc(NCC5(C#N)CCCCO5)n4)c(Cl)cn3)CC2)OCCO1. The lowest BCUT2D eigenvalue weighted by Gasteiger charge is -2.32. The smallest absolute Gasteiger partial charge is 0.178 e. The molecule has 1 saturated carbocycles. The minimum atomic E-state index is -0.800. The maximum atomic E-state index is 9.67. The third-order valence-corrected chi connectivity index (χ3v) is 7.98. The van der Waals surface area contributed by atoms with Gasteiger partial charge in [-0.3, -0.25) is 0 Å². The number of aromatic nitrogens is 2. The Bertz CT molecular complexity index is 1120. The molecule has 9 nitrogen and oxygen atoms in total. The van der Waals surface area contributed by atoms with E-state index in [-0.39, 0.29) is 0 Å². The molecule has 0 bridgehead atoms. The van der Waals surface area contributed by atoms with Gasteiger partial charge in [0.05, 0.1) is 36.5 Å². The summed E-state index contributed by atoms with van der Waals surface area (Å²) >= 11 is 6.55. The molecular formula is C28H37ClN6O3. The highest BCUT2D eigenvalue weighted by molar-refractivity contribution is 6.33. The molecule has 204 valence electrons. The van der Waals surface area contributed by atoms with Gasteiger partial charge in [-0.25, -0.2) is 9.97 Å². The predicted molar refractivity (Wildman–Crippen MR) is 147 cm³/mol. The first-order valence-electron chi connectivity index (χ1n) is 13.7. The first-order chi connectivity index (χ1) is 18.5. The molecule has 3 fully saturated rings. The number of pyridine rings is 2. The van der Waals surface area contributed by atoms with Crippen LogP contribution in [-0.4, -0.2) is 66.3 Å². The molecule has 1 atom stereocenters. The van der Waals surface area contributed by atoms with Crippen molar-refractivity contribution in [2.45, 2.75) is 75.3 Å². The second-order valence-electron chi connectivity index (χ2n) is 10.6. The van der Waals surface area contributed by atoms with Gasteiger partial charge >= 0.3 is 0 Å². The molecule has 0 aromatic carbocycles. The first-order valence-corrected chi connectivity index (χ1v) is 14.0. The number of nitrogens with one attached hydrogen (secondary N) is 3. The van der Waals surface area contributed by atoms with Crippen LogP contribution in [0.3, 0.4) is 0 Å². The zero-order chi connectivity index (χ0) is 26.4. The summed E-state index contributed by atoms with van der Waals surface area (Å²) in [5, 5.41) is 20.7. The Morgan fingerprint density at radius 2 is 1.82 bits per heavy atom. The fourth-order valence-corrected chi connectivity index (χ4v) is 5.59. The van der Waals surface area contributed by atoms with E-state index in [1.54, 1.807) is 6.20 Å². The minimum Gasteiger partial charge on any atom is -0.367 e. The molecule has 1 aliphatic carbocycles. The molecule has 0 amide bonds. The van der Waals surface area contributed by atoms with E-state index in [0.29, 0.717) is 55.8 Å². The van der Waals surface area contributed by atoms with Crippen LogP contribution >= 0.6 is 11.6 Å². The van der Waals surface area contributed by atoms with Gasteiger partial charge in [-0.1, -0.05) is 17.7 Å². The van der Waals surface area contributed by atoms with Gasteiger partial charge in [-0.15, -0.1) is 0 Å². The van der Waals surface area contributed by atoms with Gasteiger partial charge in [0.15, 0.2) is 11.4 Å². The Labute approximate surface area is 229 Å². The van der Waals surface area contributed by atoms with Crippen LogP contribution in [0.5, 0.6) is 0 Å². The molecule has 2 aromatic rings. The van der Waals surface area contributed by atoms with Crippen LogP contribution in [-0.2, 0) is 14.2 Å². The van der Waals surface area contributed by atoms with Crippen molar-refractivity contribution in [3.05, 3.63) is 35.5 Å². The molecule has 4 heterocycles. The number of rotatable bonds is 9. The Morgan fingerprint density at radius 3 is 2.55 bits per heavy atom. The van der Waals surface area contributed by atoms with E-state index in [4.69, 9.17) is 30.8 Å². The molecule has 2 aromatic heterocycles. The number of halogens is 1. The molecule has 0 radical (unpaired) electrons. The highest BCUT2D eigenvalue weighted by atomic mass is 35.5. The van der Waals surface area contributed by atoms with Crippen molar-refractivity contribution < 1.29 is 14.2 Å². The highest BCUT2D eigenvalue weighted by Crippen LogP contribution is 2.31. The summed E-state index contributed by atoms with van der Waals surface area (Å²) in [4.78, 5) is 9.29. The molecule has 2 saturated heterocycles. The Kier molecular flexibility index (Phi) is 8.66.